The van der Waals surface area contributed by atoms with E-state index in [1.54, 1.807) is 36.4 Å². The quantitative estimate of drug-likeness (QED) is 0.938. The summed E-state index contributed by atoms with van der Waals surface area (Å²) >= 11 is 0. The number of aliphatic carboxylic acids is 1. The van der Waals surface area contributed by atoms with E-state index in [4.69, 9.17) is 0 Å². The Labute approximate surface area is 117 Å². The summed E-state index contributed by atoms with van der Waals surface area (Å²) in [7, 11) is -3.28. The van der Waals surface area contributed by atoms with Crippen molar-refractivity contribution in [2.24, 2.45) is 0 Å². The van der Waals surface area contributed by atoms with Crippen LogP contribution >= 0.6 is 0 Å². The van der Waals surface area contributed by atoms with Crippen LogP contribution < -0.4 is 0 Å². The van der Waals surface area contributed by atoms with Crippen molar-refractivity contribution in [3.05, 3.63) is 65.7 Å². The summed E-state index contributed by atoms with van der Waals surface area (Å²) in [5.74, 6) is -1.77. The Bertz CT molecular complexity index is 703. The van der Waals surface area contributed by atoms with Gasteiger partial charge in [-0.25, -0.2) is 8.42 Å². The number of carboxylic acids is 1. The van der Waals surface area contributed by atoms with Crippen molar-refractivity contribution in [2.45, 2.75) is 10.8 Å². The fraction of sp³-hybridized carbons (Fsp3) is 0.133. The van der Waals surface area contributed by atoms with E-state index >= 15 is 0 Å². The third-order valence-electron chi connectivity index (χ3n) is 3.02. The molecule has 0 saturated heterocycles. The van der Waals surface area contributed by atoms with Gasteiger partial charge in [0.05, 0.1) is 4.90 Å². The smallest absolute Gasteiger partial charge is 0.315 e. The number of benzene rings is 2. The lowest BCUT2D eigenvalue weighted by Crippen LogP contribution is -2.13. The maximum atomic E-state index is 11.5. The van der Waals surface area contributed by atoms with E-state index in [1.165, 1.54) is 12.1 Å². The van der Waals surface area contributed by atoms with Crippen LogP contribution in [0.1, 0.15) is 17.0 Å². The third kappa shape index (κ3) is 3.05. The van der Waals surface area contributed by atoms with E-state index in [0.717, 1.165) is 6.26 Å². The van der Waals surface area contributed by atoms with Crippen LogP contribution in [0.5, 0.6) is 0 Å². The molecule has 104 valence electrons. The minimum Gasteiger partial charge on any atom is -0.481 e. The minimum atomic E-state index is -3.28. The largest absolute Gasteiger partial charge is 0.481 e. The second-order valence-electron chi connectivity index (χ2n) is 4.52. The Balaban J connectivity index is 2.44. The van der Waals surface area contributed by atoms with Crippen LogP contribution in [0.25, 0.3) is 0 Å². The molecule has 2 aromatic carbocycles. The first kappa shape index (κ1) is 14.3. The van der Waals surface area contributed by atoms with Gasteiger partial charge >= 0.3 is 5.97 Å². The molecule has 1 unspecified atom stereocenters. The zero-order chi connectivity index (χ0) is 14.8. The molecular weight excluding hydrogens is 276 g/mol. The summed E-state index contributed by atoms with van der Waals surface area (Å²) < 4.78 is 22.8. The first-order valence-electron chi connectivity index (χ1n) is 5.97. The molecule has 0 bridgehead atoms. The topological polar surface area (TPSA) is 71.4 Å². The van der Waals surface area contributed by atoms with E-state index in [0.29, 0.717) is 11.1 Å². The Morgan fingerprint density at radius 1 is 0.950 bits per heavy atom. The molecule has 20 heavy (non-hydrogen) atoms. The minimum absolute atomic E-state index is 0.179. The van der Waals surface area contributed by atoms with E-state index in [2.05, 4.69) is 0 Å². The molecular formula is C15H14O4S. The molecule has 2 aromatic rings. The number of hydrogen-bond donors (Lipinski definition) is 1. The lowest BCUT2D eigenvalue weighted by molar-refractivity contribution is -0.137. The Kier molecular flexibility index (Phi) is 3.90. The number of hydrogen-bond acceptors (Lipinski definition) is 3. The van der Waals surface area contributed by atoms with E-state index < -0.39 is 21.7 Å². The summed E-state index contributed by atoms with van der Waals surface area (Å²) in [6.45, 7) is 0. The standard InChI is InChI=1S/C15H14O4S/c1-20(18,19)13-9-7-12(8-10-13)14(15(16)17)11-5-3-2-4-6-11/h2-10,14H,1H3,(H,16,17). The van der Waals surface area contributed by atoms with Crippen LogP contribution in [0.3, 0.4) is 0 Å². The number of rotatable bonds is 4. The summed E-state index contributed by atoms with van der Waals surface area (Å²) in [5, 5.41) is 9.39. The average molecular weight is 290 g/mol. The molecule has 0 aromatic heterocycles. The highest BCUT2D eigenvalue weighted by Crippen LogP contribution is 2.25. The van der Waals surface area contributed by atoms with Crippen molar-refractivity contribution in [1.29, 1.82) is 0 Å². The van der Waals surface area contributed by atoms with Crippen molar-refractivity contribution in [3.8, 4) is 0 Å². The summed E-state index contributed by atoms with van der Waals surface area (Å²) in [6, 6.07) is 14.8. The lowest BCUT2D eigenvalue weighted by atomic mass is 9.91. The predicted octanol–water partition coefficient (Wildman–Crippen LogP) is 2.31. The zero-order valence-electron chi connectivity index (χ0n) is 10.9. The normalized spacial score (nSPS) is 12.8. The SMILES string of the molecule is CS(=O)(=O)c1ccc(C(C(=O)O)c2ccccc2)cc1. The second-order valence-corrected chi connectivity index (χ2v) is 6.54. The van der Waals surface area contributed by atoms with E-state index in [9.17, 15) is 18.3 Å². The van der Waals surface area contributed by atoms with Crippen molar-refractivity contribution >= 4 is 15.8 Å². The number of carbonyl (C=O) groups is 1. The van der Waals surface area contributed by atoms with Crippen molar-refractivity contribution in [2.75, 3.05) is 6.26 Å². The lowest BCUT2D eigenvalue weighted by Gasteiger charge is -2.13. The zero-order valence-corrected chi connectivity index (χ0v) is 11.7. The van der Waals surface area contributed by atoms with E-state index in [-0.39, 0.29) is 4.90 Å². The van der Waals surface area contributed by atoms with Gasteiger partial charge in [-0.2, -0.15) is 0 Å². The van der Waals surface area contributed by atoms with Crippen molar-refractivity contribution in [1.82, 2.24) is 0 Å². The highest BCUT2D eigenvalue weighted by atomic mass is 32.2. The van der Waals surface area contributed by atoms with Gasteiger partial charge in [0.1, 0.15) is 5.92 Å². The van der Waals surface area contributed by atoms with Crippen LogP contribution in [-0.2, 0) is 14.6 Å². The molecule has 0 fully saturated rings. The third-order valence-corrected chi connectivity index (χ3v) is 4.15. The van der Waals surface area contributed by atoms with Crippen LogP contribution in [0, 0.1) is 0 Å². The maximum Gasteiger partial charge on any atom is 0.315 e. The molecule has 0 spiro atoms. The summed E-state index contributed by atoms with van der Waals surface area (Å²) in [6.07, 6.45) is 1.12. The van der Waals surface area contributed by atoms with Gasteiger partial charge in [0.15, 0.2) is 9.84 Å². The molecule has 0 aliphatic carbocycles. The van der Waals surface area contributed by atoms with Gasteiger partial charge in [0.25, 0.3) is 0 Å². The fourth-order valence-electron chi connectivity index (χ4n) is 2.03. The van der Waals surface area contributed by atoms with Gasteiger partial charge in [-0.3, -0.25) is 4.79 Å². The van der Waals surface area contributed by atoms with E-state index in [1.807, 2.05) is 6.07 Å². The first-order chi connectivity index (χ1) is 9.39. The molecule has 0 radical (unpaired) electrons. The van der Waals surface area contributed by atoms with Gasteiger partial charge in [-0.15, -0.1) is 0 Å². The molecule has 0 aliphatic rings. The highest BCUT2D eigenvalue weighted by Gasteiger charge is 2.22. The highest BCUT2D eigenvalue weighted by molar-refractivity contribution is 7.90. The van der Waals surface area contributed by atoms with Gasteiger partial charge in [-0.1, -0.05) is 42.5 Å². The van der Waals surface area contributed by atoms with Crippen molar-refractivity contribution in [3.63, 3.8) is 0 Å². The Morgan fingerprint density at radius 2 is 1.45 bits per heavy atom. The number of carboxylic acid groups (broad SMARTS) is 1. The van der Waals surface area contributed by atoms with Crippen molar-refractivity contribution < 1.29 is 18.3 Å². The molecule has 5 heteroatoms. The number of sulfone groups is 1. The molecule has 0 heterocycles. The molecule has 1 atom stereocenters. The predicted molar refractivity (Wildman–Crippen MR) is 75.5 cm³/mol. The monoisotopic (exact) mass is 290 g/mol. The Hall–Kier alpha value is -2.14. The molecule has 0 amide bonds. The molecule has 1 N–H and O–H groups in total. The van der Waals surface area contributed by atoms with Gasteiger partial charge in [-0.05, 0) is 23.3 Å². The van der Waals surface area contributed by atoms with Gasteiger partial charge < -0.3 is 5.11 Å². The summed E-state index contributed by atoms with van der Waals surface area (Å²) in [4.78, 5) is 11.6. The van der Waals surface area contributed by atoms with Gasteiger partial charge in [0.2, 0.25) is 0 Å². The van der Waals surface area contributed by atoms with Crippen LogP contribution in [0.2, 0.25) is 0 Å². The van der Waals surface area contributed by atoms with Crippen LogP contribution in [-0.4, -0.2) is 25.7 Å². The molecule has 0 saturated carbocycles. The Morgan fingerprint density at radius 3 is 1.90 bits per heavy atom. The summed E-state index contributed by atoms with van der Waals surface area (Å²) in [5.41, 5.74) is 1.21. The molecule has 0 aliphatic heterocycles. The van der Waals surface area contributed by atoms with Gasteiger partial charge in [0, 0.05) is 6.26 Å². The first-order valence-corrected chi connectivity index (χ1v) is 7.86. The van der Waals surface area contributed by atoms with Crippen LogP contribution in [0.15, 0.2) is 59.5 Å². The second kappa shape index (κ2) is 5.46. The molecule has 4 nitrogen and oxygen atoms in total. The average Bonchev–Trinajstić information content (AvgIpc) is 2.39. The fourth-order valence-corrected chi connectivity index (χ4v) is 2.66. The van der Waals surface area contributed by atoms with Crippen LogP contribution in [0.4, 0.5) is 0 Å². The maximum absolute atomic E-state index is 11.5. The molecule has 2 rings (SSSR count).